The molecule has 0 bridgehead atoms. The van der Waals surface area contributed by atoms with E-state index >= 15 is 0 Å². The van der Waals surface area contributed by atoms with Gasteiger partial charge in [-0.15, -0.1) is 0 Å². The summed E-state index contributed by atoms with van der Waals surface area (Å²) in [6, 6.07) is 7.62. The average Bonchev–Trinajstić information content (AvgIpc) is 2.82. The topological polar surface area (TPSA) is 91.4 Å². The van der Waals surface area contributed by atoms with Gasteiger partial charge in [0, 0.05) is 6.20 Å². The Kier molecular flexibility index (Phi) is 4.60. The Morgan fingerprint density at radius 1 is 1.31 bits per heavy atom. The number of anilines is 1. The largest absolute Gasteiger partial charge is 0.325 e. The molecule has 9 heteroatoms. The molecule has 134 valence electrons. The van der Waals surface area contributed by atoms with Gasteiger partial charge in [-0.25, -0.2) is 14.2 Å². The molecule has 0 aliphatic carbocycles. The third kappa shape index (κ3) is 3.23. The minimum Gasteiger partial charge on any atom is -0.322 e. The Labute approximate surface area is 153 Å². The second-order valence-corrected chi connectivity index (χ2v) is 6.20. The number of carbonyl (C=O) groups is 3. The molecule has 2 heterocycles. The van der Waals surface area contributed by atoms with Gasteiger partial charge in [-0.2, -0.15) is 0 Å². The summed E-state index contributed by atoms with van der Waals surface area (Å²) in [6.07, 6.45) is 1.46. The van der Waals surface area contributed by atoms with Crippen LogP contribution in [0.2, 0.25) is 5.15 Å². The molecule has 1 aromatic carbocycles. The Bertz CT molecular complexity index is 890. The van der Waals surface area contributed by atoms with Crippen molar-refractivity contribution in [3.63, 3.8) is 0 Å². The summed E-state index contributed by atoms with van der Waals surface area (Å²) < 4.78 is 13.1. The molecule has 0 radical (unpaired) electrons. The van der Waals surface area contributed by atoms with Crippen LogP contribution < -0.4 is 10.6 Å². The van der Waals surface area contributed by atoms with E-state index in [9.17, 15) is 18.8 Å². The number of amides is 4. The summed E-state index contributed by atoms with van der Waals surface area (Å²) >= 11 is 5.86. The van der Waals surface area contributed by atoms with Gasteiger partial charge < -0.3 is 10.6 Å². The predicted octanol–water partition coefficient (Wildman–Crippen LogP) is 2.28. The van der Waals surface area contributed by atoms with Crippen molar-refractivity contribution >= 4 is 35.1 Å². The minimum atomic E-state index is -1.38. The summed E-state index contributed by atoms with van der Waals surface area (Å²) in [5, 5.41) is 5.13. The molecule has 1 fully saturated rings. The lowest BCUT2D eigenvalue weighted by atomic mass is 9.92. The van der Waals surface area contributed by atoms with Crippen LogP contribution in [-0.4, -0.2) is 34.3 Å². The molecule has 3 rings (SSSR count). The van der Waals surface area contributed by atoms with Gasteiger partial charge in [0.25, 0.3) is 5.91 Å². The molecule has 1 unspecified atom stereocenters. The Hall–Kier alpha value is -3.00. The number of nitrogens with one attached hydrogen (secondary N) is 2. The van der Waals surface area contributed by atoms with Crippen molar-refractivity contribution in [3.8, 4) is 0 Å². The van der Waals surface area contributed by atoms with Gasteiger partial charge in [-0.3, -0.25) is 14.5 Å². The highest BCUT2D eigenvalue weighted by Gasteiger charge is 2.49. The van der Waals surface area contributed by atoms with E-state index in [1.54, 1.807) is 12.1 Å². The van der Waals surface area contributed by atoms with Crippen molar-refractivity contribution in [1.29, 1.82) is 0 Å². The molecule has 1 aromatic heterocycles. The maximum absolute atomic E-state index is 13.1. The summed E-state index contributed by atoms with van der Waals surface area (Å²) in [7, 11) is 0. The molecule has 0 saturated carbocycles. The van der Waals surface area contributed by atoms with Crippen molar-refractivity contribution < 1.29 is 18.8 Å². The Morgan fingerprint density at radius 2 is 2.00 bits per heavy atom. The Morgan fingerprint density at radius 3 is 2.65 bits per heavy atom. The summed E-state index contributed by atoms with van der Waals surface area (Å²) in [5.74, 6) is -1.67. The standard InChI is InChI=1S/C17H14ClFN4O3/c1-17(10-4-6-11(19)7-5-10)15(25)23(16(26)22-17)9-13(24)21-12-3-2-8-20-14(12)18/h2-8H,9H2,1H3,(H,21,24)(H,22,26). The molecule has 26 heavy (non-hydrogen) atoms. The first-order chi connectivity index (χ1) is 12.3. The van der Waals surface area contributed by atoms with Crippen molar-refractivity contribution in [1.82, 2.24) is 15.2 Å². The Balaban J connectivity index is 1.76. The van der Waals surface area contributed by atoms with E-state index < -0.39 is 35.7 Å². The second kappa shape index (κ2) is 6.72. The molecule has 1 atom stereocenters. The molecule has 2 aromatic rings. The van der Waals surface area contributed by atoms with Crippen LogP contribution in [0, 0.1) is 5.82 Å². The zero-order valence-corrected chi connectivity index (χ0v) is 14.4. The van der Waals surface area contributed by atoms with Crippen molar-refractivity contribution in [3.05, 3.63) is 59.1 Å². The van der Waals surface area contributed by atoms with E-state index in [4.69, 9.17) is 11.6 Å². The molecular weight excluding hydrogens is 363 g/mol. The number of nitrogens with zero attached hydrogens (tertiary/aromatic N) is 2. The van der Waals surface area contributed by atoms with Crippen LogP contribution in [0.4, 0.5) is 14.9 Å². The predicted molar refractivity (Wildman–Crippen MR) is 91.9 cm³/mol. The van der Waals surface area contributed by atoms with Crippen LogP contribution >= 0.6 is 11.6 Å². The zero-order valence-electron chi connectivity index (χ0n) is 13.6. The van der Waals surface area contributed by atoms with Crippen LogP contribution in [0.15, 0.2) is 42.6 Å². The van der Waals surface area contributed by atoms with Gasteiger partial charge in [-0.1, -0.05) is 23.7 Å². The molecule has 1 aliphatic rings. The third-order valence-corrected chi connectivity index (χ3v) is 4.33. The van der Waals surface area contributed by atoms with Crippen molar-refractivity contribution in [2.24, 2.45) is 0 Å². The van der Waals surface area contributed by atoms with Crippen LogP contribution in [0.25, 0.3) is 0 Å². The highest BCUT2D eigenvalue weighted by molar-refractivity contribution is 6.32. The number of benzene rings is 1. The van der Waals surface area contributed by atoms with E-state index in [-0.39, 0.29) is 10.8 Å². The molecular formula is C17H14ClFN4O3. The minimum absolute atomic E-state index is 0.0919. The van der Waals surface area contributed by atoms with Crippen LogP contribution in [0.1, 0.15) is 12.5 Å². The number of pyridine rings is 1. The van der Waals surface area contributed by atoms with E-state index in [2.05, 4.69) is 15.6 Å². The fraction of sp³-hybridized carbons (Fsp3) is 0.176. The second-order valence-electron chi connectivity index (χ2n) is 5.84. The summed E-state index contributed by atoms with van der Waals surface area (Å²) in [5.41, 5.74) is -0.695. The van der Waals surface area contributed by atoms with Gasteiger partial charge >= 0.3 is 6.03 Å². The van der Waals surface area contributed by atoms with Crippen LogP contribution in [0.3, 0.4) is 0 Å². The van der Waals surface area contributed by atoms with E-state index in [0.717, 1.165) is 4.90 Å². The first-order valence-corrected chi connectivity index (χ1v) is 7.99. The fourth-order valence-corrected chi connectivity index (χ4v) is 2.80. The maximum atomic E-state index is 13.1. The number of imide groups is 1. The smallest absolute Gasteiger partial charge is 0.322 e. The highest BCUT2D eigenvalue weighted by atomic mass is 35.5. The van der Waals surface area contributed by atoms with Crippen molar-refractivity contribution in [2.45, 2.75) is 12.5 Å². The lowest BCUT2D eigenvalue weighted by Crippen LogP contribution is -2.42. The number of carbonyl (C=O) groups excluding carboxylic acids is 3. The zero-order chi connectivity index (χ0) is 18.9. The molecule has 0 spiro atoms. The SMILES string of the molecule is CC1(c2ccc(F)cc2)NC(=O)N(CC(=O)Nc2cccnc2Cl)C1=O. The first-order valence-electron chi connectivity index (χ1n) is 7.62. The number of urea groups is 1. The van der Waals surface area contributed by atoms with E-state index in [0.29, 0.717) is 5.56 Å². The fourth-order valence-electron chi connectivity index (χ4n) is 2.63. The van der Waals surface area contributed by atoms with Crippen LogP contribution in [0.5, 0.6) is 0 Å². The maximum Gasteiger partial charge on any atom is 0.325 e. The average molecular weight is 377 g/mol. The van der Waals surface area contributed by atoms with E-state index in [1.165, 1.54) is 37.4 Å². The number of hydrogen-bond acceptors (Lipinski definition) is 4. The molecule has 4 amide bonds. The number of hydrogen-bond donors (Lipinski definition) is 2. The van der Waals surface area contributed by atoms with Gasteiger partial charge in [0.1, 0.15) is 17.9 Å². The van der Waals surface area contributed by atoms with Crippen molar-refractivity contribution in [2.75, 3.05) is 11.9 Å². The summed E-state index contributed by atoms with van der Waals surface area (Å²) in [6.45, 7) is 1.00. The molecule has 1 aliphatic heterocycles. The molecule has 2 N–H and O–H groups in total. The molecule has 1 saturated heterocycles. The number of aromatic nitrogens is 1. The third-order valence-electron chi connectivity index (χ3n) is 4.03. The normalized spacial score (nSPS) is 19.4. The van der Waals surface area contributed by atoms with Gasteiger partial charge in [0.15, 0.2) is 5.15 Å². The number of rotatable bonds is 4. The van der Waals surface area contributed by atoms with E-state index in [1.807, 2.05) is 0 Å². The summed E-state index contributed by atoms with van der Waals surface area (Å²) in [4.78, 5) is 41.7. The highest BCUT2D eigenvalue weighted by Crippen LogP contribution is 2.29. The quantitative estimate of drug-likeness (QED) is 0.632. The lowest BCUT2D eigenvalue weighted by molar-refractivity contribution is -0.133. The van der Waals surface area contributed by atoms with Gasteiger partial charge in [-0.05, 0) is 36.8 Å². The molecule has 7 nitrogen and oxygen atoms in total. The lowest BCUT2D eigenvalue weighted by Gasteiger charge is -2.22. The monoisotopic (exact) mass is 376 g/mol. The number of halogens is 2. The van der Waals surface area contributed by atoms with Gasteiger partial charge in [0.2, 0.25) is 5.91 Å². The van der Waals surface area contributed by atoms with Crippen LogP contribution in [-0.2, 0) is 15.1 Å². The van der Waals surface area contributed by atoms with Gasteiger partial charge in [0.05, 0.1) is 5.69 Å². The first kappa shape index (κ1) is 17.8.